The van der Waals surface area contributed by atoms with Crippen LogP contribution in [0.4, 0.5) is 0 Å². The average molecular weight is 164 g/mol. The lowest BCUT2D eigenvalue weighted by Gasteiger charge is -2.07. The van der Waals surface area contributed by atoms with Gasteiger partial charge in [-0.1, -0.05) is 13.0 Å². The SMILES string of the molecule is C[C@H]1Cc2cc(O)ccc2[C@H]1O. The second kappa shape index (κ2) is 2.49. The summed E-state index contributed by atoms with van der Waals surface area (Å²) in [6.45, 7) is 2.02. The fourth-order valence-electron chi connectivity index (χ4n) is 1.82. The number of hydrogen-bond donors (Lipinski definition) is 2. The van der Waals surface area contributed by atoms with Crippen molar-refractivity contribution in [2.75, 3.05) is 0 Å². The standard InChI is InChI=1S/C10H12O2/c1-6-4-7-5-8(11)2-3-9(7)10(6)12/h2-3,5-6,10-12H,4H2,1H3/t6-,10-/m0/s1. The molecule has 2 heteroatoms. The Balaban J connectivity index is 2.47. The van der Waals surface area contributed by atoms with Crippen LogP contribution in [0.1, 0.15) is 24.2 Å². The van der Waals surface area contributed by atoms with Crippen molar-refractivity contribution in [1.82, 2.24) is 0 Å². The summed E-state index contributed by atoms with van der Waals surface area (Å²) in [5.41, 5.74) is 2.05. The lowest BCUT2D eigenvalue weighted by molar-refractivity contribution is 0.133. The highest BCUT2D eigenvalue weighted by Crippen LogP contribution is 2.36. The zero-order valence-corrected chi connectivity index (χ0v) is 6.99. The van der Waals surface area contributed by atoms with E-state index in [9.17, 15) is 10.2 Å². The minimum atomic E-state index is -0.347. The predicted octanol–water partition coefficient (Wildman–Crippen LogP) is 1.62. The number of aromatic hydroxyl groups is 1. The number of benzene rings is 1. The number of phenols is 1. The van der Waals surface area contributed by atoms with Crippen LogP contribution < -0.4 is 0 Å². The van der Waals surface area contributed by atoms with Crippen molar-refractivity contribution >= 4 is 0 Å². The largest absolute Gasteiger partial charge is 0.508 e. The van der Waals surface area contributed by atoms with Gasteiger partial charge in [0.1, 0.15) is 5.75 Å². The Morgan fingerprint density at radius 1 is 1.42 bits per heavy atom. The van der Waals surface area contributed by atoms with Gasteiger partial charge in [-0.2, -0.15) is 0 Å². The van der Waals surface area contributed by atoms with Crippen LogP contribution in [0.3, 0.4) is 0 Å². The molecule has 1 aliphatic carbocycles. The summed E-state index contributed by atoms with van der Waals surface area (Å²) in [7, 11) is 0. The molecule has 1 aromatic rings. The van der Waals surface area contributed by atoms with Gasteiger partial charge < -0.3 is 10.2 Å². The first-order valence-electron chi connectivity index (χ1n) is 4.18. The third kappa shape index (κ3) is 0.994. The molecule has 2 nitrogen and oxygen atoms in total. The number of rotatable bonds is 0. The summed E-state index contributed by atoms with van der Waals surface area (Å²) in [5, 5.41) is 18.8. The smallest absolute Gasteiger partial charge is 0.115 e. The molecule has 0 saturated carbocycles. The van der Waals surface area contributed by atoms with Gasteiger partial charge in [-0.3, -0.25) is 0 Å². The molecule has 0 radical (unpaired) electrons. The first-order valence-corrected chi connectivity index (χ1v) is 4.18. The van der Waals surface area contributed by atoms with Gasteiger partial charge in [0.15, 0.2) is 0 Å². The van der Waals surface area contributed by atoms with Crippen LogP contribution in [0, 0.1) is 5.92 Å². The number of aliphatic hydroxyl groups excluding tert-OH is 1. The average Bonchev–Trinajstić information content (AvgIpc) is 2.28. The minimum absolute atomic E-state index is 0.279. The second-order valence-corrected chi connectivity index (χ2v) is 3.51. The zero-order chi connectivity index (χ0) is 8.72. The van der Waals surface area contributed by atoms with E-state index in [-0.39, 0.29) is 17.8 Å². The van der Waals surface area contributed by atoms with Crippen LogP contribution in [-0.2, 0) is 6.42 Å². The Morgan fingerprint density at radius 2 is 2.17 bits per heavy atom. The monoisotopic (exact) mass is 164 g/mol. The molecule has 0 heterocycles. The summed E-state index contributed by atoms with van der Waals surface area (Å²) in [6.07, 6.45) is 0.519. The summed E-state index contributed by atoms with van der Waals surface area (Å²) < 4.78 is 0. The molecule has 1 aliphatic rings. The molecule has 0 fully saturated rings. The summed E-state index contributed by atoms with van der Waals surface area (Å²) in [5.74, 6) is 0.567. The molecule has 0 amide bonds. The third-order valence-corrected chi connectivity index (χ3v) is 2.53. The van der Waals surface area contributed by atoms with Gasteiger partial charge in [0.2, 0.25) is 0 Å². The molecule has 2 rings (SSSR count). The van der Waals surface area contributed by atoms with Crippen molar-refractivity contribution in [2.45, 2.75) is 19.4 Å². The normalized spacial score (nSPS) is 27.2. The molecule has 0 bridgehead atoms. The van der Waals surface area contributed by atoms with Gasteiger partial charge in [0, 0.05) is 0 Å². The van der Waals surface area contributed by atoms with E-state index in [1.165, 1.54) is 0 Å². The first-order chi connectivity index (χ1) is 5.68. The molecular weight excluding hydrogens is 152 g/mol. The Bertz CT molecular complexity index is 307. The van der Waals surface area contributed by atoms with Crippen molar-refractivity contribution < 1.29 is 10.2 Å². The Labute approximate surface area is 71.5 Å². The van der Waals surface area contributed by atoms with Crippen molar-refractivity contribution in [2.24, 2.45) is 5.92 Å². The van der Waals surface area contributed by atoms with Crippen LogP contribution >= 0.6 is 0 Å². The van der Waals surface area contributed by atoms with Crippen molar-refractivity contribution in [3.63, 3.8) is 0 Å². The summed E-state index contributed by atoms with van der Waals surface area (Å²) in [6, 6.07) is 5.17. The molecule has 0 saturated heterocycles. The Morgan fingerprint density at radius 3 is 2.92 bits per heavy atom. The molecule has 1 aromatic carbocycles. The minimum Gasteiger partial charge on any atom is -0.508 e. The van der Waals surface area contributed by atoms with Crippen LogP contribution in [0.5, 0.6) is 5.75 Å². The van der Waals surface area contributed by atoms with E-state index in [1.807, 2.05) is 6.92 Å². The van der Waals surface area contributed by atoms with Gasteiger partial charge >= 0.3 is 0 Å². The highest BCUT2D eigenvalue weighted by Gasteiger charge is 2.27. The van der Waals surface area contributed by atoms with E-state index in [2.05, 4.69) is 0 Å². The highest BCUT2D eigenvalue weighted by molar-refractivity contribution is 5.39. The quantitative estimate of drug-likeness (QED) is 0.611. The maximum Gasteiger partial charge on any atom is 0.115 e. The van der Waals surface area contributed by atoms with Crippen molar-refractivity contribution in [3.8, 4) is 5.75 Å². The van der Waals surface area contributed by atoms with Crippen LogP contribution in [0.15, 0.2) is 18.2 Å². The van der Waals surface area contributed by atoms with Crippen LogP contribution in [0.2, 0.25) is 0 Å². The number of hydrogen-bond acceptors (Lipinski definition) is 2. The van der Waals surface area contributed by atoms with Crippen LogP contribution in [0.25, 0.3) is 0 Å². The molecule has 0 unspecified atom stereocenters. The summed E-state index contributed by atoms with van der Waals surface area (Å²) in [4.78, 5) is 0. The van der Waals surface area contributed by atoms with E-state index >= 15 is 0 Å². The van der Waals surface area contributed by atoms with E-state index in [0.29, 0.717) is 0 Å². The number of phenolic OH excluding ortho intramolecular Hbond substituents is 1. The number of aliphatic hydroxyl groups is 1. The maximum absolute atomic E-state index is 9.66. The lowest BCUT2D eigenvalue weighted by atomic mass is 10.1. The van der Waals surface area contributed by atoms with Gasteiger partial charge in [-0.25, -0.2) is 0 Å². The molecule has 12 heavy (non-hydrogen) atoms. The molecule has 0 aliphatic heterocycles. The topological polar surface area (TPSA) is 40.5 Å². The molecule has 2 atom stereocenters. The fourth-order valence-corrected chi connectivity index (χ4v) is 1.82. The molecular formula is C10H12O2. The highest BCUT2D eigenvalue weighted by atomic mass is 16.3. The van der Waals surface area contributed by atoms with E-state index in [0.717, 1.165) is 17.5 Å². The van der Waals surface area contributed by atoms with E-state index < -0.39 is 0 Å². The molecule has 64 valence electrons. The van der Waals surface area contributed by atoms with Crippen molar-refractivity contribution in [3.05, 3.63) is 29.3 Å². The molecule has 0 spiro atoms. The fraction of sp³-hybridized carbons (Fsp3) is 0.400. The molecule has 2 N–H and O–H groups in total. The third-order valence-electron chi connectivity index (χ3n) is 2.53. The lowest BCUT2D eigenvalue weighted by Crippen LogP contribution is -2.00. The second-order valence-electron chi connectivity index (χ2n) is 3.51. The van der Waals surface area contributed by atoms with Crippen molar-refractivity contribution in [1.29, 1.82) is 0 Å². The van der Waals surface area contributed by atoms with Crippen LogP contribution in [-0.4, -0.2) is 10.2 Å². The van der Waals surface area contributed by atoms with E-state index in [4.69, 9.17) is 0 Å². The van der Waals surface area contributed by atoms with Gasteiger partial charge in [0.05, 0.1) is 6.10 Å². The predicted molar refractivity (Wildman–Crippen MR) is 45.9 cm³/mol. The Kier molecular flexibility index (Phi) is 1.58. The summed E-state index contributed by atoms with van der Waals surface area (Å²) >= 11 is 0. The van der Waals surface area contributed by atoms with E-state index in [1.54, 1.807) is 18.2 Å². The number of fused-ring (bicyclic) bond motifs is 1. The molecule has 0 aromatic heterocycles. The Hall–Kier alpha value is -1.02. The van der Waals surface area contributed by atoms with Gasteiger partial charge in [-0.05, 0) is 35.6 Å². The first kappa shape index (κ1) is 7.62. The van der Waals surface area contributed by atoms with Gasteiger partial charge in [-0.15, -0.1) is 0 Å². The van der Waals surface area contributed by atoms with Gasteiger partial charge in [0.25, 0.3) is 0 Å². The maximum atomic E-state index is 9.66. The zero-order valence-electron chi connectivity index (χ0n) is 6.99.